The highest BCUT2D eigenvalue weighted by molar-refractivity contribution is 6.03. The molecule has 0 saturated heterocycles. The number of nitrogens with two attached hydrogens (primary N) is 1. The van der Waals surface area contributed by atoms with Crippen LogP contribution in [0.1, 0.15) is 21.6 Å². The van der Waals surface area contributed by atoms with Crippen molar-refractivity contribution in [2.45, 2.75) is 6.92 Å². The molecule has 1 heterocycles. The third-order valence-corrected chi connectivity index (χ3v) is 2.59. The smallest absolute Gasteiger partial charge is 0.272 e. The summed E-state index contributed by atoms with van der Waals surface area (Å²) in [5.74, 6) is 5.57. The van der Waals surface area contributed by atoms with Crippen LogP contribution < -0.4 is 11.1 Å². The fourth-order valence-corrected chi connectivity index (χ4v) is 1.68. The van der Waals surface area contributed by atoms with Crippen molar-refractivity contribution in [1.82, 2.24) is 4.98 Å². The average Bonchev–Trinajstić information content (AvgIpc) is 2.93. The Hall–Kier alpha value is -2.51. The summed E-state index contributed by atoms with van der Waals surface area (Å²) in [6.07, 6.45) is 1.71. The largest absolute Gasteiger partial charge is 0.357 e. The van der Waals surface area contributed by atoms with Crippen LogP contribution in [-0.2, 0) is 0 Å². The Labute approximate surface area is 112 Å². The van der Waals surface area contributed by atoms with E-state index < -0.39 is 0 Å². The van der Waals surface area contributed by atoms with Crippen molar-refractivity contribution in [1.29, 1.82) is 0 Å². The molecule has 0 aliphatic carbocycles. The molecule has 0 aliphatic rings. The topological polar surface area (TPSA) is 70.9 Å². The summed E-state index contributed by atoms with van der Waals surface area (Å²) in [6.45, 7) is 2.27. The molecule has 0 saturated carbocycles. The molecule has 2 aromatic rings. The quantitative estimate of drug-likeness (QED) is 0.715. The van der Waals surface area contributed by atoms with Gasteiger partial charge < -0.3 is 16.0 Å². The van der Waals surface area contributed by atoms with E-state index in [9.17, 15) is 4.79 Å². The molecular weight excluding hydrogens is 238 g/mol. The SMILES string of the molecule is Cc1ccc(NC(=O)c2ccc[nH]2)c(C#CCN)c1. The monoisotopic (exact) mass is 253 g/mol. The first-order valence-corrected chi connectivity index (χ1v) is 5.95. The van der Waals surface area contributed by atoms with Gasteiger partial charge in [0, 0.05) is 11.8 Å². The first-order valence-electron chi connectivity index (χ1n) is 5.95. The Balaban J connectivity index is 2.27. The molecule has 1 aromatic carbocycles. The van der Waals surface area contributed by atoms with Crippen LogP contribution in [0.4, 0.5) is 5.69 Å². The molecule has 1 amide bonds. The Morgan fingerprint density at radius 1 is 1.42 bits per heavy atom. The van der Waals surface area contributed by atoms with E-state index in [4.69, 9.17) is 5.73 Å². The van der Waals surface area contributed by atoms with Crippen LogP contribution in [0.15, 0.2) is 36.5 Å². The van der Waals surface area contributed by atoms with Crippen molar-refractivity contribution in [2.75, 3.05) is 11.9 Å². The molecular formula is C15H15N3O. The third-order valence-electron chi connectivity index (χ3n) is 2.59. The fraction of sp³-hybridized carbons (Fsp3) is 0.133. The lowest BCUT2D eigenvalue weighted by molar-refractivity contribution is 0.102. The number of carbonyl (C=O) groups is 1. The van der Waals surface area contributed by atoms with Gasteiger partial charge in [-0.05, 0) is 36.8 Å². The van der Waals surface area contributed by atoms with E-state index in [-0.39, 0.29) is 12.5 Å². The summed E-state index contributed by atoms with van der Waals surface area (Å²) >= 11 is 0. The van der Waals surface area contributed by atoms with Gasteiger partial charge in [-0.25, -0.2) is 0 Å². The van der Waals surface area contributed by atoms with Crippen LogP contribution in [0.3, 0.4) is 0 Å². The first-order chi connectivity index (χ1) is 9.20. The molecule has 0 unspecified atom stereocenters. The first kappa shape index (κ1) is 12.9. The van der Waals surface area contributed by atoms with E-state index in [1.165, 1.54) is 0 Å². The van der Waals surface area contributed by atoms with Crippen LogP contribution in [0.25, 0.3) is 0 Å². The Bertz CT molecular complexity index is 633. The molecule has 0 atom stereocenters. The second kappa shape index (κ2) is 5.89. The maximum atomic E-state index is 12.0. The number of aromatic nitrogens is 1. The number of amides is 1. The van der Waals surface area contributed by atoms with Gasteiger partial charge in [0.15, 0.2) is 0 Å². The van der Waals surface area contributed by atoms with Gasteiger partial charge in [0.25, 0.3) is 5.91 Å². The van der Waals surface area contributed by atoms with E-state index in [0.29, 0.717) is 11.4 Å². The van der Waals surface area contributed by atoms with Gasteiger partial charge >= 0.3 is 0 Å². The zero-order chi connectivity index (χ0) is 13.7. The molecule has 2 rings (SSSR count). The average molecular weight is 253 g/mol. The number of nitrogens with one attached hydrogen (secondary N) is 2. The van der Waals surface area contributed by atoms with Crippen LogP contribution in [-0.4, -0.2) is 17.4 Å². The minimum Gasteiger partial charge on any atom is -0.357 e. The molecule has 0 radical (unpaired) electrons. The van der Waals surface area contributed by atoms with Crippen molar-refractivity contribution in [3.8, 4) is 11.8 Å². The highest BCUT2D eigenvalue weighted by Gasteiger charge is 2.08. The molecule has 0 fully saturated rings. The number of rotatable bonds is 2. The second-order valence-electron chi connectivity index (χ2n) is 4.09. The molecule has 96 valence electrons. The molecule has 0 spiro atoms. The van der Waals surface area contributed by atoms with Gasteiger partial charge in [-0.3, -0.25) is 4.79 Å². The number of benzene rings is 1. The minimum atomic E-state index is -0.190. The fourth-order valence-electron chi connectivity index (χ4n) is 1.68. The van der Waals surface area contributed by atoms with Gasteiger partial charge in [0.1, 0.15) is 5.69 Å². The summed E-state index contributed by atoms with van der Waals surface area (Å²) in [4.78, 5) is 14.8. The lowest BCUT2D eigenvalue weighted by Gasteiger charge is -2.07. The predicted octanol–water partition coefficient (Wildman–Crippen LogP) is 1.89. The van der Waals surface area contributed by atoms with Gasteiger partial charge in [-0.1, -0.05) is 17.9 Å². The standard InChI is InChI=1S/C15H15N3O/c1-11-6-7-13(12(10-11)4-2-8-16)18-15(19)14-5-3-9-17-14/h3,5-7,9-10,17H,8,16H2,1H3,(H,18,19). The van der Waals surface area contributed by atoms with E-state index >= 15 is 0 Å². The summed E-state index contributed by atoms with van der Waals surface area (Å²) in [6, 6.07) is 9.19. The van der Waals surface area contributed by atoms with Crippen molar-refractivity contribution in [3.05, 3.63) is 53.3 Å². The normalized spacial score (nSPS) is 9.58. The predicted molar refractivity (Wildman–Crippen MR) is 75.9 cm³/mol. The molecule has 19 heavy (non-hydrogen) atoms. The lowest BCUT2D eigenvalue weighted by atomic mass is 10.1. The van der Waals surface area contributed by atoms with Crippen LogP contribution in [0, 0.1) is 18.8 Å². The number of carbonyl (C=O) groups excluding carboxylic acids is 1. The van der Waals surface area contributed by atoms with Crippen molar-refractivity contribution < 1.29 is 4.79 Å². The van der Waals surface area contributed by atoms with E-state index in [2.05, 4.69) is 22.1 Å². The Morgan fingerprint density at radius 3 is 2.95 bits per heavy atom. The third kappa shape index (κ3) is 3.24. The van der Waals surface area contributed by atoms with E-state index in [1.807, 2.05) is 25.1 Å². The Kier molecular flexibility index (Phi) is 4.01. The summed E-state index contributed by atoms with van der Waals surface area (Å²) in [7, 11) is 0. The van der Waals surface area contributed by atoms with E-state index in [0.717, 1.165) is 11.1 Å². The van der Waals surface area contributed by atoms with Crippen LogP contribution >= 0.6 is 0 Å². The number of aromatic amines is 1. The molecule has 0 bridgehead atoms. The van der Waals surface area contributed by atoms with Crippen molar-refractivity contribution in [3.63, 3.8) is 0 Å². The van der Waals surface area contributed by atoms with Crippen molar-refractivity contribution in [2.24, 2.45) is 5.73 Å². The maximum absolute atomic E-state index is 12.0. The van der Waals surface area contributed by atoms with Crippen LogP contribution in [0.5, 0.6) is 0 Å². The molecule has 1 aromatic heterocycles. The van der Waals surface area contributed by atoms with Gasteiger partial charge in [-0.2, -0.15) is 0 Å². The number of hydrogen-bond donors (Lipinski definition) is 3. The minimum absolute atomic E-state index is 0.190. The van der Waals surface area contributed by atoms with Gasteiger partial charge in [-0.15, -0.1) is 0 Å². The molecule has 0 aliphatic heterocycles. The van der Waals surface area contributed by atoms with Crippen LogP contribution in [0.2, 0.25) is 0 Å². The maximum Gasteiger partial charge on any atom is 0.272 e. The molecule has 4 heteroatoms. The number of anilines is 1. The zero-order valence-corrected chi connectivity index (χ0v) is 10.7. The van der Waals surface area contributed by atoms with Gasteiger partial charge in [0.05, 0.1) is 12.2 Å². The number of aryl methyl sites for hydroxylation is 1. The highest BCUT2D eigenvalue weighted by Crippen LogP contribution is 2.17. The molecule has 4 N–H and O–H groups in total. The Morgan fingerprint density at radius 2 is 2.26 bits per heavy atom. The highest BCUT2D eigenvalue weighted by atomic mass is 16.1. The zero-order valence-electron chi connectivity index (χ0n) is 10.7. The summed E-state index contributed by atoms with van der Waals surface area (Å²) < 4.78 is 0. The van der Waals surface area contributed by atoms with E-state index in [1.54, 1.807) is 18.3 Å². The number of hydrogen-bond acceptors (Lipinski definition) is 2. The summed E-state index contributed by atoms with van der Waals surface area (Å²) in [5.41, 5.74) is 8.43. The number of H-pyrrole nitrogens is 1. The second-order valence-corrected chi connectivity index (χ2v) is 4.09. The van der Waals surface area contributed by atoms with Crippen molar-refractivity contribution >= 4 is 11.6 Å². The summed E-state index contributed by atoms with van der Waals surface area (Å²) in [5, 5.41) is 2.84. The lowest BCUT2D eigenvalue weighted by Crippen LogP contribution is -2.13. The van der Waals surface area contributed by atoms with Gasteiger partial charge in [0.2, 0.25) is 0 Å². The molecule has 4 nitrogen and oxygen atoms in total.